The first-order valence-electron chi connectivity index (χ1n) is 7.69. The van der Waals surface area contributed by atoms with Crippen LogP contribution in [0.2, 0.25) is 0 Å². The number of rotatable bonds is 6. The highest BCUT2D eigenvalue weighted by atomic mass is 79.9. The van der Waals surface area contributed by atoms with Crippen LogP contribution in [0.4, 0.5) is 0 Å². The minimum absolute atomic E-state index is 0.0536. The smallest absolute Gasteiger partial charge is 0.221 e. The first kappa shape index (κ1) is 16.9. The quantitative estimate of drug-likeness (QED) is 0.599. The third-order valence-electron chi connectivity index (χ3n) is 3.56. The number of nitrogens with zero attached hydrogens (tertiary/aromatic N) is 1. The van der Waals surface area contributed by atoms with Gasteiger partial charge in [0.25, 0.3) is 0 Å². The number of amides is 1. The van der Waals surface area contributed by atoms with E-state index in [9.17, 15) is 4.79 Å². The lowest BCUT2D eigenvalue weighted by atomic mass is 10.1. The molecule has 3 aromatic rings. The van der Waals surface area contributed by atoms with Gasteiger partial charge in [-0.3, -0.25) is 4.79 Å². The van der Waals surface area contributed by atoms with Crippen LogP contribution in [0.3, 0.4) is 0 Å². The van der Waals surface area contributed by atoms with Crippen LogP contribution in [-0.4, -0.2) is 16.2 Å². The van der Waals surface area contributed by atoms with Crippen molar-refractivity contribution in [3.8, 4) is 21.8 Å². The highest BCUT2D eigenvalue weighted by Gasteiger charge is 2.07. The summed E-state index contributed by atoms with van der Waals surface area (Å²) in [7, 11) is 0. The fourth-order valence-corrected chi connectivity index (χ4v) is 3.52. The zero-order valence-corrected chi connectivity index (χ0v) is 15.4. The maximum absolute atomic E-state index is 11.6. The van der Waals surface area contributed by atoms with Crippen LogP contribution in [0.15, 0.2) is 60.0 Å². The maximum Gasteiger partial charge on any atom is 0.221 e. The topological polar surface area (TPSA) is 42.0 Å². The molecule has 1 amide bonds. The van der Waals surface area contributed by atoms with Crippen LogP contribution >= 0.6 is 27.3 Å². The zero-order chi connectivity index (χ0) is 16.8. The number of carbonyl (C=O) groups excluding carboxylic acids is 1. The van der Waals surface area contributed by atoms with E-state index in [4.69, 9.17) is 4.98 Å². The molecule has 0 bridgehead atoms. The van der Waals surface area contributed by atoms with Gasteiger partial charge in [-0.2, -0.15) is 0 Å². The van der Waals surface area contributed by atoms with Crippen molar-refractivity contribution in [2.75, 3.05) is 5.33 Å². The van der Waals surface area contributed by atoms with Gasteiger partial charge in [0.2, 0.25) is 5.91 Å². The molecule has 0 atom stereocenters. The normalized spacial score (nSPS) is 10.5. The van der Waals surface area contributed by atoms with Crippen molar-refractivity contribution in [3.63, 3.8) is 0 Å². The summed E-state index contributed by atoms with van der Waals surface area (Å²) in [6.45, 7) is 0.538. The predicted octanol–water partition coefficient (Wildman–Crippen LogP) is 4.88. The fraction of sp³-hybridized carbons (Fsp3) is 0.158. The summed E-state index contributed by atoms with van der Waals surface area (Å²) in [5, 5.41) is 6.67. The lowest BCUT2D eigenvalue weighted by Gasteiger charge is -2.05. The Labute approximate surface area is 153 Å². The van der Waals surface area contributed by atoms with Crippen molar-refractivity contribution in [3.05, 3.63) is 65.5 Å². The largest absolute Gasteiger partial charge is 0.352 e. The Balaban J connectivity index is 1.75. The molecule has 1 heterocycles. The van der Waals surface area contributed by atoms with Gasteiger partial charge in [0, 0.05) is 34.8 Å². The molecule has 122 valence electrons. The average molecular weight is 401 g/mol. The molecular formula is C19H17BrN2OS. The van der Waals surface area contributed by atoms with Crippen LogP contribution in [0, 0.1) is 0 Å². The molecule has 5 heteroatoms. The number of alkyl halides is 1. The van der Waals surface area contributed by atoms with Gasteiger partial charge in [0.15, 0.2) is 0 Å². The lowest BCUT2D eigenvalue weighted by molar-refractivity contribution is -0.120. The SMILES string of the molecule is O=C(CCBr)NCc1cccc(-c2nc(-c3ccccc3)cs2)c1. The first-order chi connectivity index (χ1) is 11.8. The van der Waals surface area contributed by atoms with Gasteiger partial charge in [-0.1, -0.05) is 64.5 Å². The van der Waals surface area contributed by atoms with Gasteiger partial charge in [0.1, 0.15) is 5.01 Å². The monoisotopic (exact) mass is 400 g/mol. The molecule has 0 aliphatic carbocycles. The highest BCUT2D eigenvalue weighted by Crippen LogP contribution is 2.29. The summed E-state index contributed by atoms with van der Waals surface area (Å²) in [6, 6.07) is 18.3. The van der Waals surface area contributed by atoms with Crippen molar-refractivity contribution in [2.24, 2.45) is 0 Å². The molecule has 0 saturated carbocycles. The molecule has 24 heavy (non-hydrogen) atoms. The predicted molar refractivity (Wildman–Crippen MR) is 103 cm³/mol. The molecule has 0 unspecified atom stereocenters. The molecule has 0 radical (unpaired) electrons. The van der Waals surface area contributed by atoms with E-state index >= 15 is 0 Å². The van der Waals surface area contributed by atoms with E-state index in [-0.39, 0.29) is 5.91 Å². The van der Waals surface area contributed by atoms with Gasteiger partial charge < -0.3 is 5.32 Å². The molecule has 1 aromatic heterocycles. The van der Waals surface area contributed by atoms with E-state index in [1.165, 1.54) is 0 Å². The molecule has 3 nitrogen and oxygen atoms in total. The molecule has 0 saturated heterocycles. The van der Waals surface area contributed by atoms with E-state index in [0.29, 0.717) is 18.3 Å². The van der Waals surface area contributed by atoms with Gasteiger partial charge in [0.05, 0.1) is 5.69 Å². The summed E-state index contributed by atoms with van der Waals surface area (Å²) < 4.78 is 0. The Morgan fingerprint density at radius 1 is 1.08 bits per heavy atom. The number of aromatic nitrogens is 1. The second-order valence-electron chi connectivity index (χ2n) is 5.32. The third kappa shape index (κ3) is 4.30. The molecule has 2 aromatic carbocycles. The molecule has 3 rings (SSSR count). The van der Waals surface area contributed by atoms with E-state index in [1.807, 2.05) is 30.3 Å². The Bertz CT molecular complexity index is 817. The highest BCUT2D eigenvalue weighted by molar-refractivity contribution is 9.09. The summed E-state index contributed by atoms with van der Waals surface area (Å²) in [5.74, 6) is 0.0536. The minimum atomic E-state index is 0.0536. The van der Waals surface area contributed by atoms with Crippen molar-refractivity contribution in [1.82, 2.24) is 10.3 Å². The standard InChI is InChI=1S/C19H17BrN2OS/c20-10-9-18(23)21-12-14-5-4-8-16(11-14)19-22-17(13-24-19)15-6-2-1-3-7-15/h1-8,11,13H,9-10,12H2,(H,21,23). The van der Waals surface area contributed by atoms with E-state index in [2.05, 4.69) is 50.9 Å². The number of nitrogens with one attached hydrogen (secondary N) is 1. The number of carbonyl (C=O) groups is 1. The second-order valence-corrected chi connectivity index (χ2v) is 6.97. The molecule has 1 N–H and O–H groups in total. The summed E-state index contributed by atoms with van der Waals surface area (Å²) in [4.78, 5) is 16.3. The molecule has 0 aliphatic heterocycles. The molecule has 0 spiro atoms. The minimum Gasteiger partial charge on any atom is -0.352 e. The molecule has 0 aliphatic rings. The number of hydrogen-bond donors (Lipinski definition) is 1. The van der Waals surface area contributed by atoms with Gasteiger partial charge in [-0.15, -0.1) is 11.3 Å². The van der Waals surface area contributed by atoms with Crippen LogP contribution in [-0.2, 0) is 11.3 Å². The molecule has 0 fully saturated rings. The fourth-order valence-electron chi connectivity index (χ4n) is 2.34. The van der Waals surface area contributed by atoms with Crippen LogP contribution in [0.1, 0.15) is 12.0 Å². The van der Waals surface area contributed by atoms with Gasteiger partial charge >= 0.3 is 0 Å². The molecular weight excluding hydrogens is 384 g/mol. The summed E-state index contributed by atoms with van der Waals surface area (Å²) in [6.07, 6.45) is 0.493. The number of hydrogen-bond acceptors (Lipinski definition) is 3. The summed E-state index contributed by atoms with van der Waals surface area (Å²) >= 11 is 4.91. The zero-order valence-electron chi connectivity index (χ0n) is 13.0. The number of benzene rings is 2. The Morgan fingerprint density at radius 3 is 2.67 bits per heavy atom. The lowest BCUT2D eigenvalue weighted by Crippen LogP contribution is -2.22. The van der Waals surface area contributed by atoms with Crippen LogP contribution in [0.25, 0.3) is 21.8 Å². The van der Waals surface area contributed by atoms with Crippen molar-refractivity contribution < 1.29 is 4.79 Å². The van der Waals surface area contributed by atoms with Gasteiger partial charge in [-0.25, -0.2) is 4.98 Å². The third-order valence-corrected chi connectivity index (χ3v) is 4.85. The second kappa shape index (κ2) is 8.22. The van der Waals surface area contributed by atoms with Crippen LogP contribution in [0.5, 0.6) is 0 Å². The first-order valence-corrected chi connectivity index (χ1v) is 9.69. The Morgan fingerprint density at radius 2 is 1.88 bits per heavy atom. The average Bonchev–Trinajstić information content (AvgIpc) is 3.11. The van der Waals surface area contributed by atoms with Crippen molar-refractivity contribution >= 4 is 33.2 Å². The van der Waals surface area contributed by atoms with Gasteiger partial charge in [-0.05, 0) is 11.6 Å². The van der Waals surface area contributed by atoms with Crippen molar-refractivity contribution in [2.45, 2.75) is 13.0 Å². The number of thiazole rings is 1. The Hall–Kier alpha value is -1.98. The van der Waals surface area contributed by atoms with Crippen LogP contribution < -0.4 is 5.32 Å². The number of halogens is 1. The van der Waals surface area contributed by atoms with E-state index < -0.39 is 0 Å². The summed E-state index contributed by atoms with van der Waals surface area (Å²) in [5.41, 5.74) is 4.27. The Kier molecular flexibility index (Phi) is 5.77. The van der Waals surface area contributed by atoms with E-state index in [1.54, 1.807) is 11.3 Å². The van der Waals surface area contributed by atoms with E-state index in [0.717, 1.165) is 27.4 Å². The van der Waals surface area contributed by atoms with Crippen molar-refractivity contribution in [1.29, 1.82) is 0 Å². The maximum atomic E-state index is 11.6.